The molecule has 4 rings (SSSR count). The summed E-state index contributed by atoms with van der Waals surface area (Å²) in [5.41, 5.74) is 4.30. The van der Waals surface area contributed by atoms with E-state index in [4.69, 9.17) is 4.74 Å². The molecule has 176 valence electrons. The quantitative estimate of drug-likeness (QED) is 0.341. The topological polar surface area (TPSA) is 63.7 Å². The van der Waals surface area contributed by atoms with Crippen LogP contribution < -0.4 is 0 Å². The second-order valence-corrected chi connectivity index (χ2v) is 12.4. The summed E-state index contributed by atoms with van der Waals surface area (Å²) in [6, 6.07) is 3.56. The average Bonchev–Trinajstić information content (AvgIpc) is 3.51. The van der Waals surface area contributed by atoms with Gasteiger partial charge in [-0.05, 0) is 101 Å². The lowest BCUT2D eigenvalue weighted by molar-refractivity contribution is 0.0223. The van der Waals surface area contributed by atoms with E-state index < -0.39 is 17.7 Å². The molecule has 1 atom stereocenters. The predicted octanol–water partition coefficient (Wildman–Crippen LogP) is 6.92. The summed E-state index contributed by atoms with van der Waals surface area (Å²) in [6.07, 6.45) is 5.01. The number of hydrogen-bond donors (Lipinski definition) is 0. The summed E-state index contributed by atoms with van der Waals surface area (Å²) < 4.78 is 5.54. The molecule has 2 aliphatic rings. The average molecular weight is 486 g/mol. The Balaban J connectivity index is 1.63. The molecule has 2 aromatic rings. The number of rotatable bonds is 5. The zero-order valence-corrected chi connectivity index (χ0v) is 21.6. The van der Waals surface area contributed by atoms with Crippen LogP contribution in [0.15, 0.2) is 12.1 Å². The van der Waals surface area contributed by atoms with Gasteiger partial charge in [-0.2, -0.15) is 0 Å². The molecule has 2 aromatic heterocycles. The number of Topliss-reactive ketones (excluding diaryl/α,β-unsaturated/α-hetero) is 1. The van der Waals surface area contributed by atoms with E-state index in [-0.39, 0.29) is 5.78 Å². The van der Waals surface area contributed by atoms with Crippen molar-refractivity contribution in [3.63, 3.8) is 0 Å². The van der Waals surface area contributed by atoms with Gasteiger partial charge < -0.3 is 4.74 Å². The first kappa shape index (κ1) is 23.9. The molecule has 0 unspecified atom stereocenters. The van der Waals surface area contributed by atoms with Crippen LogP contribution in [-0.2, 0) is 4.74 Å². The third kappa shape index (κ3) is 4.85. The van der Waals surface area contributed by atoms with Crippen molar-refractivity contribution in [2.24, 2.45) is 0 Å². The van der Waals surface area contributed by atoms with Crippen molar-refractivity contribution in [1.82, 2.24) is 4.90 Å². The Kier molecular flexibility index (Phi) is 6.65. The van der Waals surface area contributed by atoms with E-state index in [1.807, 2.05) is 32.9 Å². The highest BCUT2D eigenvalue weighted by Crippen LogP contribution is 2.45. The Morgan fingerprint density at radius 3 is 2.27 bits per heavy atom. The minimum absolute atomic E-state index is 0.00723. The first-order valence-corrected chi connectivity index (χ1v) is 13.1. The minimum Gasteiger partial charge on any atom is -0.444 e. The molecule has 1 aliphatic carbocycles. The van der Waals surface area contributed by atoms with Gasteiger partial charge in [0, 0.05) is 16.3 Å². The molecular weight excluding hydrogens is 454 g/mol. The highest BCUT2D eigenvalue weighted by atomic mass is 32.1. The van der Waals surface area contributed by atoms with Crippen LogP contribution in [0.3, 0.4) is 0 Å². The lowest BCUT2D eigenvalue weighted by Gasteiger charge is -2.27. The normalized spacial score (nSPS) is 18.8. The predicted molar refractivity (Wildman–Crippen MR) is 134 cm³/mol. The van der Waals surface area contributed by atoms with E-state index >= 15 is 0 Å². The molecule has 33 heavy (non-hydrogen) atoms. The van der Waals surface area contributed by atoms with Crippen LogP contribution in [-0.4, -0.2) is 41.3 Å². The van der Waals surface area contributed by atoms with Crippen LogP contribution in [0.5, 0.6) is 0 Å². The van der Waals surface area contributed by atoms with Crippen LogP contribution in [0, 0.1) is 13.8 Å². The molecule has 3 heterocycles. The zero-order chi connectivity index (χ0) is 23.9. The van der Waals surface area contributed by atoms with Crippen molar-refractivity contribution < 1.29 is 19.1 Å². The Bertz CT molecular complexity index is 1130. The number of nitrogens with zero attached hydrogens (tertiary/aromatic N) is 1. The van der Waals surface area contributed by atoms with Gasteiger partial charge in [0.1, 0.15) is 5.60 Å². The van der Waals surface area contributed by atoms with E-state index in [9.17, 15) is 14.4 Å². The van der Waals surface area contributed by atoms with Crippen LogP contribution in [0.1, 0.15) is 93.1 Å². The molecule has 0 aromatic carbocycles. The van der Waals surface area contributed by atoms with Gasteiger partial charge in [-0.25, -0.2) is 4.79 Å². The summed E-state index contributed by atoms with van der Waals surface area (Å²) in [4.78, 5) is 42.7. The summed E-state index contributed by atoms with van der Waals surface area (Å²) in [6.45, 7) is 10.2. The van der Waals surface area contributed by atoms with Crippen LogP contribution >= 0.6 is 22.7 Å². The van der Waals surface area contributed by atoms with Crippen LogP contribution in [0.25, 0.3) is 11.1 Å². The summed E-state index contributed by atoms with van der Waals surface area (Å²) in [7, 11) is 0. The van der Waals surface area contributed by atoms with Gasteiger partial charge in [0.25, 0.3) is 0 Å². The maximum absolute atomic E-state index is 13.5. The minimum atomic E-state index is -0.588. The number of likely N-dealkylation sites (tertiary alicyclic amines) is 1. The first-order chi connectivity index (χ1) is 15.6. The van der Waals surface area contributed by atoms with Gasteiger partial charge >= 0.3 is 6.09 Å². The molecule has 0 saturated carbocycles. The lowest BCUT2D eigenvalue weighted by atomic mass is 9.97. The molecule has 1 aliphatic heterocycles. The van der Waals surface area contributed by atoms with E-state index in [1.54, 1.807) is 4.90 Å². The van der Waals surface area contributed by atoms with E-state index in [0.29, 0.717) is 17.8 Å². The maximum Gasteiger partial charge on any atom is 0.410 e. The fraction of sp³-hybridized carbons (Fsp3) is 0.500. The van der Waals surface area contributed by atoms with Crippen LogP contribution in [0.2, 0.25) is 0 Å². The van der Waals surface area contributed by atoms with Crippen molar-refractivity contribution in [2.75, 3.05) is 6.54 Å². The molecule has 0 radical (unpaired) electrons. The molecule has 0 N–H and O–H groups in total. The van der Waals surface area contributed by atoms with Gasteiger partial charge in [0.05, 0.1) is 15.8 Å². The second kappa shape index (κ2) is 9.18. The fourth-order valence-electron chi connectivity index (χ4n) is 4.85. The monoisotopic (exact) mass is 485 g/mol. The Labute approximate surface area is 203 Å². The fourth-order valence-corrected chi connectivity index (χ4v) is 6.75. The zero-order valence-electron chi connectivity index (χ0n) is 19.9. The smallest absolute Gasteiger partial charge is 0.410 e. The van der Waals surface area contributed by atoms with E-state index in [1.165, 1.54) is 39.4 Å². The molecule has 0 spiro atoms. The van der Waals surface area contributed by atoms with Gasteiger partial charge in [-0.3, -0.25) is 14.5 Å². The second-order valence-electron chi connectivity index (χ2n) is 9.82. The highest BCUT2D eigenvalue weighted by molar-refractivity contribution is 7.14. The summed E-state index contributed by atoms with van der Waals surface area (Å²) in [5.74, 6) is 0.00723. The van der Waals surface area contributed by atoms with Crippen molar-refractivity contribution >= 4 is 52.0 Å². The Morgan fingerprint density at radius 2 is 1.67 bits per heavy atom. The SMILES string of the molecule is Cc1sc(C=O)cc1C1=C(c2cc(C(=O)[C@@H]3CCCN3C(=O)OC(C)(C)C)sc2C)CCC1. The summed E-state index contributed by atoms with van der Waals surface area (Å²) in [5, 5.41) is 0. The number of amides is 1. The van der Waals surface area contributed by atoms with Crippen molar-refractivity contribution in [1.29, 1.82) is 0 Å². The maximum atomic E-state index is 13.5. The number of ether oxygens (including phenoxy) is 1. The number of aldehydes is 1. The van der Waals surface area contributed by atoms with E-state index in [2.05, 4.69) is 13.8 Å². The Hall–Kier alpha value is -2.25. The van der Waals surface area contributed by atoms with Crippen molar-refractivity contribution in [3.05, 3.63) is 42.8 Å². The molecule has 1 saturated heterocycles. The first-order valence-electron chi connectivity index (χ1n) is 11.5. The molecule has 5 nitrogen and oxygen atoms in total. The van der Waals surface area contributed by atoms with Gasteiger partial charge in [-0.1, -0.05) is 0 Å². The van der Waals surface area contributed by atoms with Gasteiger partial charge in [0.2, 0.25) is 0 Å². The van der Waals surface area contributed by atoms with E-state index in [0.717, 1.165) is 52.2 Å². The third-order valence-corrected chi connectivity index (χ3v) is 8.31. The molecule has 1 fully saturated rings. The summed E-state index contributed by atoms with van der Waals surface area (Å²) >= 11 is 3.05. The number of aryl methyl sites for hydroxylation is 2. The number of ketones is 1. The van der Waals surface area contributed by atoms with Gasteiger partial charge in [-0.15, -0.1) is 22.7 Å². The standard InChI is InChI=1S/C26H31NO4S2/c1-15-20(12-17(14-28)32-15)18-8-6-9-19(18)21-13-23(33-16(21)2)24(29)22-10-7-11-27(22)25(30)31-26(3,4)5/h12-14,22H,6-11H2,1-5H3/t22-/m0/s1. The van der Waals surface area contributed by atoms with Crippen molar-refractivity contribution in [3.8, 4) is 0 Å². The number of carbonyl (C=O) groups is 3. The number of allylic oxidation sites excluding steroid dienone is 2. The molecule has 1 amide bonds. The molecule has 7 heteroatoms. The highest BCUT2D eigenvalue weighted by Gasteiger charge is 2.38. The number of carbonyl (C=O) groups excluding carboxylic acids is 3. The molecular formula is C26H31NO4S2. The Morgan fingerprint density at radius 1 is 1.03 bits per heavy atom. The lowest BCUT2D eigenvalue weighted by Crippen LogP contribution is -2.43. The number of hydrogen-bond acceptors (Lipinski definition) is 6. The van der Waals surface area contributed by atoms with Crippen LogP contribution in [0.4, 0.5) is 4.79 Å². The number of thiophene rings is 2. The molecule has 0 bridgehead atoms. The van der Waals surface area contributed by atoms with Crippen molar-refractivity contribution in [2.45, 2.75) is 78.4 Å². The third-order valence-electron chi connectivity index (χ3n) is 6.27. The largest absolute Gasteiger partial charge is 0.444 e. The van der Waals surface area contributed by atoms with Gasteiger partial charge in [0.15, 0.2) is 12.1 Å².